The summed E-state index contributed by atoms with van der Waals surface area (Å²) < 4.78 is 17.1. The minimum absolute atomic E-state index is 0.0695. The van der Waals surface area contributed by atoms with Gasteiger partial charge < -0.3 is 19.3 Å². The molecule has 5 rings (SSSR count). The topological polar surface area (TPSA) is 82.1 Å². The zero-order valence-corrected chi connectivity index (χ0v) is 21.4. The van der Waals surface area contributed by atoms with Gasteiger partial charge >= 0.3 is 5.97 Å². The average molecular weight is 521 g/mol. The van der Waals surface area contributed by atoms with Crippen molar-refractivity contribution in [1.82, 2.24) is 0 Å². The van der Waals surface area contributed by atoms with E-state index in [2.05, 4.69) is 18.2 Å². The number of carboxylic acid groups (broad SMARTS) is 1. The summed E-state index contributed by atoms with van der Waals surface area (Å²) in [7, 11) is 1.70. The number of carbonyl (C=O) groups excluding carboxylic acids is 1. The van der Waals surface area contributed by atoms with Crippen molar-refractivity contribution in [3.63, 3.8) is 0 Å². The fraction of sp³-hybridized carbons (Fsp3) is 0.333. The molecule has 1 heterocycles. The van der Waals surface area contributed by atoms with E-state index in [1.165, 1.54) is 18.4 Å². The molecule has 1 aliphatic heterocycles. The van der Waals surface area contributed by atoms with Gasteiger partial charge in [0.25, 0.3) is 0 Å². The lowest BCUT2D eigenvalue weighted by atomic mass is 9.93. The second kappa shape index (κ2) is 10.9. The molecule has 1 saturated carbocycles. The van der Waals surface area contributed by atoms with E-state index < -0.39 is 11.9 Å². The summed E-state index contributed by atoms with van der Waals surface area (Å²) in [6.45, 7) is 0.320. The van der Waals surface area contributed by atoms with Gasteiger partial charge in [0.15, 0.2) is 5.78 Å². The van der Waals surface area contributed by atoms with Crippen LogP contribution in [0.5, 0.6) is 23.0 Å². The first-order chi connectivity index (χ1) is 17.9. The highest BCUT2D eigenvalue weighted by Crippen LogP contribution is 2.43. The largest absolute Gasteiger partial charge is 0.496 e. The SMILES string of the molecule is COc1cc(C2CC2)ccc1CCCC(=O)c1ccc(Oc2cc3c(cc2Cl)C(C(=O)O)CCO3)cc1. The lowest BCUT2D eigenvalue weighted by molar-refractivity contribution is -0.139. The Morgan fingerprint density at radius 1 is 1.03 bits per heavy atom. The molecule has 0 saturated heterocycles. The molecule has 3 aromatic carbocycles. The predicted octanol–water partition coefficient (Wildman–Crippen LogP) is 7.17. The van der Waals surface area contributed by atoms with Crippen molar-refractivity contribution < 1.29 is 28.9 Å². The zero-order valence-electron chi connectivity index (χ0n) is 20.7. The number of hydrogen-bond donors (Lipinski definition) is 1. The van der Waals surface area contributed by atoms with Gasteiger partial charge in [0.2, 0.25) is 0 Å². The third-order valence-corrected chi connectivity index (χ3v) is 7.31. The lowest BCUT2D eigenvalue weighted by Gasteiger charge is -2.24. The minimum atomic E-state index is -0.903. The number of methoxy groups -OCH3 is 1. The second-order valence-electron chi connectivity index (χ2n) is 9.60. The van der Waals surface area contributed by atoms with Crippen LogP contribution in [0.1, 0.15) is 71.0 Å². The van der Waals surface area contributed by atoms with E-state index in [0.29, 0.717) is 58.8 Å². The Balaban J connectivity index is 1.18. The molecule has 1 atom stereocenters. The molecule has 0 radical (unpaired) electrons. The number of aliphatic carboxylic acids is 1. The minimum Gasteiger partial charge on any atom is -0.496 e. The van der Waals surface area contributed by atoms with Crippen molar-refractivity contribution in [2.24, 2.45) is 0 Å². The molecule has 1 N–H and O–H groups in total. The first kappa shape index (κ1) is 25.2. The average Bonchev–Trinajstić information content (AvgIpc) is 3.75. The highest BCUT2D eigenvalue weighted by Gasteiger charge is 2.29. The maximum Gasteiger partial charge on any atom is 0.311 e. The van der Waals surface area contributed by atoms with E-state index in [1.54, 1.807) is 43.5 Å². The Labute approximate surface area is 221 Å². The third kappa shape index (κ3) is 5.75. The van der Waals surface area contributed by atoms with Gasteiger partial charge in [-0.2, -0.15) is 0 Å². The Morgan fingerprint density at radius 2 is 1.81 bits per heavy atom. The Morgan fingerprint density at radius 3 is 2.51 bits per heavy atom. The van der Waals surface area contributed by atoms with Crippen LogP contribution in [0.2, 0.25) is 5.02 Å². The number of Topliss-reactive ketones (excluding diaryl/α,β-unsaturated/α-hetero) is 1. The third-order valence-electron chi connectivity index (χ3n) is 7.02. The smallest absolute Gasteiger partial charge is 0.311 e. The van der Waals surface area contributed by atoms with Crippen LogP contribution in [-0.4, -0.2) is 30.6 Å². The van der Waals surface area contributed by atoms with Gasteiger partial charge in [0.05, 0.1) is 24.7 Å². The van der Waals surface area contributed by atoms with E-state index in [-0.39, 0.29) is 5.78 Å². The number of halogens is 1. The van der Waals surface area contributed by atoms with Gasteiger partial charge in [-0.25, -0.2) is 0 Å². The molecule has 0 aromatic heterocycles. The highest BCUT2D eigenvalue weighted by atomic mass is 35.5. The molecule has 0 bridgehead atoms. The summed E-state index contributed by atoms with van der Waals surface area (Å²) >= 11 is 6.38. The van der Waals surface area contributed by atoms with Crippen molar-refractivity contribution in [3.05, 3.63) is 81.9 Å². The number of ketones is 1. The summed E-state index contributed by atoms with van der Waals surface area (Å²) in [6.07, 6.45) is 4.85. The van der Waals surface area contributed by atoms with E-state index in [0.717, 1.165) is 24.2 Å². The van der Waals surface area contributed by atoms with Crippen LogP contribution >= 0.6 is 11.6 Å². The molecule has 0 amide bonds. The quantitative estimate of drug-likeness (QED) is 0.285. The predicted molar refractivity (Wildman–Crippen MR) is 141 cm³/mol. The van der Waals surface area contributed by atoms with Crippen molar-refractivity contribution in [1.29, 1.82) is 0 Å². The number of carbonyl (C=O) groups is 2. The number of fused-ring (bicyclic) bond motifs is 1. The standard InChI is InChI=1S/C30H29ClO6/c1-35-27-15-21(18-5-6-18)8-7-20(27)3-2-4-26(32)19-9-11-22(12-10-19)37-29-17-28-24(16-25(29)31)23(30(33)34)13-14-36-28/h7-12,15-18,23H,2-6,13-14H2,1H3,(H,33,34). The van der Waals surface area contributed by atoms with Crippen LogP contribution in [0.15, 0.2) is 54.6 Å². The Kier molecular flexibility index (Phi) is 7.38. The van der Waals surface area contributed by atoms with Crippen LogP contribution in [0, 0.1) is 0 Å². The first-order valence-electron chi connectivity index (χ1n) is 12.6. The van der Waals surface area contributed by atoms with Gasteiger partial charge in [0, 0.05) is 23.6 Å². The molecule has 1 aliphatic carbocycles. The number of benzene rings is 3. The lowest BCUT2D eigenvalue weighted by Crippen LogP contribution is -2.20. The fourth-order valence-electron chi connectivity index (χ4n) is 4.78. The van der Waals surface area contributed by atoms with Crippen LogP contribution in [0.4, 0.5) is 0 Å². The number of aryl methyl sites for hydroxylation is 1. The fourth-order valence-corrected chi connectivity index (χ4v) is 4.99. The van der Waals surface area contributed by atoms with E-state index in [9.17, 15) is 14.7 Å². The molecular weight excluding hydrogens is 492 g/mol. The normalized spacial score (nSPS) is 16.4. The van der Waals surface area contributed by atoms with Crippen molar-refractivity contribution >= 4 is 23.4 Å². The molecule has 7 heteroatoms. The summed E-state index contributed by atoms with van der Waals surface area (Å²) in [5, 5.41) is 9.76. The van der Waals surface area contributed by atoms with E-state index in [1.807, 2.05) is 0 Å². The maximum atomic E-state index is 12.8. The van der Waals surface area contributed by atoms with Gasteiger partial charge in [-0.3, -0.25) is 9.59 Å². The number of hydrogen-bond acceptors (Lipinski definition) is 5. The Bertz CT molecular complexity index is 1310. The number of rotatable bonds is 10. The van der Waals surface area contributed by atoms with Gasteiger partial charge in [-0.1, -0.05) is 23.7 Å². The molecule has 1 fully saturated rings. The van der Waals surface area contributed by atoms with E-state index >= 15 is 0 Å². The molecular formula is C30H29ClO6. The zero-order chi connectivity index (χ0) is 25.9. The highest BCUT2D eigenvalue weighted by molar-refractivity contribution is 6.32. The van der Waals surface area contributed by atoms with Gasteiger partial charge in [0.1, 0.15) is 23.0 Å². The van der Waals surface area contributed by atoms with Crippen LogP contribution in [0.3, 0.4) is 0 Å². The molecule has 6 nitrogen and oxygen atoms in total. The van der Waals surface area contributed by atoms with Crippen molar-refractivity contribution in [2.45, 2.75) is 50.4 Å². The van der Waals surface area contributed by atoms with Crippen LogP contribution in [-0.2, 0) is 11.2 Å². The maximum absolute atomic E-state index is 12.8. The molecule has 192 valence electrons. The number of carboxylic acids is 1. The van der Waals surface area contributed by atoms with Crippen LogP contribution in [0.25, 0.3) is 0 Å². The monoisotopic (exact) mass is 520 g/mol. The van der Waals surface area contributed by atoms with Crippen molar-refractivity contribution in [3.8, 4) is 23.0 Å². The molecule has 2 aliphatic rings. The summed E-state index contributed by atoms with van der Waals surface area (Å²) in [4.78, 5) is 24.3. The van der Waals surface area contributed by atoms with E-state index in [4.69, 9.17) is 25.8 Å². The van der Waals surface area contributed by atoms with Crippen LogP contribution < -0.4 is 14.2 Å². The summed E-state index contributed by atoms with van der Waals surface area (Å²) in [5.74, 6) is 1.45. The molecule has 1 unspecified atom stereocenters. The van der Waals surface area contributed by atoms with Gasteiger partial charge in [-0.05, 0) is 85.5 Å². The van der Waals surface area contributed by atoms with Gasteiger partial charge in [-0.15, -0.1) is 0 Å². The van der Waals surface area contributed by atoms with Crippen molar-refractivity contribution in [2.75, 3.05) is 13.7 Å². The second-order valence-corrected chi connectivity index (χ2v) is 10.0. The first-order valence-corrected chi connectivity index (χ1v) is 13.0. The molecule has 0 spiro atoms. The summed E-state index contributed by atoms with van der Waals surface area (Å²) in [5.41, 5.74) is 3.64. The summed E-state index contributed by atoms with van der Waals surface area (Å²) in [6, 6.07) is 16.6. The number of ether oxygens (including phenoxy) is 3. The molecule has 3 aromatic rings. The molecule has 37 heavy (non-hydrogen) atoms. The Hall–Kier alpha value is -3.51.